The molecule has 3 rings (SSSR count). The lowest BCUT2D eigenvalue weighted by Crippen LogP contribution is -2.46. The van der Waals surface area contributed by atoms with E-state index in [1.165, 1.54) is 7.11 Å². The fourth-order valence-electron chi connectivity index (χ4n) is 2.92. The molecule has 2 amide bonds. The standard InChI is InChI=1S/C21H24N2O6/c1-13(14-8-9-16(26-2)19(10-14)27-3)23-21(25)20(24)22-11-15-12-28-17-6-4-5-7-18(17)29-15/h4-10,13,15H,11-12H2,1-3H3,(H,22,24)(H,23,25). The molecule has 8 nitrogen and oxygen atoms in total. The third-order valence-corrected chi connectivity index (χ3v) is 4.52. The molecule has 0 aromatic heterocycles. The van der Waals surface area contributed by atoms with Crippen LogP contribution in [-0.2, 0) is 9.59 Å². The van der Waals surface area contributed by atoms with Crippen LogP contribution in [0.15, 0.2) is 42.5 Å². The average Bonchev–Trinajstić information content (AvgIpc) is 2.76. The number of carbonyl (C=O) groups excluding carboxylic acids is 2. The molecule has 0 fully saturated rings. The van der Waals surface area contributed by atoms with E-state index in [-0.39, 0.29) is 12.6 Å². The maximum atomic E-state index is 12.2. The largest absolute Gasteiger partial charge is 0.493 e. The van der Waals surface area contributed by atoms with Gasteiger partial charge >= 0.3 is 11.8 Å². The number of hydrogen-bond acceptors (Lipinski definition) is 6. The van der Waals surface area contributed by atoms with Crippen LogP contribution in [0.5, 0.6) is 23.0 Å². The van der Waals surface area contributed by atoms with Crippen LogP contribution in [0.1, 0.15) is 18.5 Å². The zero-order valence-corrected chi connectivity index (χ0v) is 16.6. The minimum absolute atomic E-state index is 0.158. The van der Waals surface area contributed by atoms with Crippen molar-refractivity contribution in [3.63, 3.8) is 0 Å². The van der Waals surface area contributed by atoms with Crippen molar-refractivity contribution in [2.24, 2.45) is 0 Å². The summed E-state index contributed by atoms with van der Waals surface area (Å²) < 4.78 is 21.8. The summed E-state index contributed by atoms with van der Waals surface area (Å²) in [6.07, 6.45) is -0.370. The molecule has 2 aromatic rings. The second-order valence-electron chi connectivity index (χ2n) is 6.52. The number of benzene rings is 2. The van der Waals surface area contributed by atoms with Gasteiger partial charge in [0.05, 0.1) is 26.8 Å². The summed E-state index contributed by atoms with van der Waals surface area (Å²) >= 11 is 0. The molecule has 154 valence electrons. The Balaban J connectivity index is 1.51. The first-order valence-electron chi connectivity index (χ1n) is 9.21. The molecule has 0 aliphatic carbocycles. The molecule has 1 aliphatic rings. The number of nitrogens with one attached hydrogen (secondary N) is 2. The molecule has 2 unspecified atom stereocenters. The summed E-state index contributed by atoms with van der Waals surface area (Å²) in [6.45, 7) is 2.23. The molecule has 2 aromatic carbocycles. The number of methoxy groups -OCH3 is 2. The predicted octanol–water partition coefficient (Wildman–Crippen LogP) is 1.84. The van der Waals surface area contributed by atoms with Gasteiger partial charge in [-0.2, -0.15) is 0 Å². The predicted molar refractivity (Wildman–Crippen MR) is 105 cm³/mol. The van der Waals surface area contributed by atoms with E-state index in [0.29, 0.717) is 29.6 Å². The minimum atomic E-state index is -0.736. The van der Waals surface area contributed by atoms with Crippen molar-refractivity contribution >= 4 is 11.8 Å². The fourth-order valence-corrected chi connectivity index (χ4v) is 2.92. The third kappa shape index (κ3) is 4.90. The Morgan fingerprint density at radius 3 is 2.52 bits per heavy atom. The highest BCUT2D eigenvalue weighted by atomic mass is 16.6. The van der Waals surface area contributed by atoms with Gasteiger partial charge in [-0.15, -0.1) is 0 Å². The third-order valence-electron chi connectivity index (χ3n) is 4.52. The molecular formula is C21H24N2O6. The topological polar surface area (TPSA) is 95.1 Å². The zero-order valence-electron chi connectivity index (χ0n) is 16.6. The van der Waals surface area contributed by atoms with Crippen LogP contribution in [0.25, 0.3) is 0 Å². The fraction of sp³-hybridized carbons (Fsp3) is 0.333. The van der Waals surface area contributed by atoms with Crippen LogP contribution < -0.4 is 29.6 Å². The number of amides is 2. The monoisotopic (exact) mass is 400 g/mol. The Morgan fingerprint density at radius 1 is 1.07 bits per heavy atom. The molecule has 2 atom stereocenters. The van der Waals surface area contributed by atoms with E-state index in [4.69, 9.17) is 18.9 Å². The molecule has 1 heterocycles. The Labute approximate surface area is 169 Å². The summed E-state index contributed by atoms with van der Waals surface area (Å²) in [5.74, 6) is 0.944. The highest BCUT2D eigenvalue weighted by Crippen LogP contribution is 2.31. The average molecular weight is 400 g/mol. The van der Waals surface area contributed by atoms with Gasteiger partial charge in [0.2, 0.25) is 0 Å². The summed E-state index contributed by atoms with van der Waals surface area (Å²) in [6, 6.07) is 12.2. The van der Waals surface area contributed by atoms with Crippen LogP contribution in [0.4, 0.5) is 0 Å². The van der Waals surface area contributed by atoms with Gasteiger partial charge in [-0.25, -0.2) is 0 Å². The summed E-state index contributed by atoms with van der Waals surface area (Å²) in [5, 5.41) is 5.25. The highest BCUT2D eigenvalue weighted by Gasteiger charge is 2.23. The van der Waals surface area contributed by atoms with Gasteiger partial charge in [0.15, 0.2) is 23.0 Å². The molecule has 1 aliphatic heterocycles. The number of rotatable bonds is 6. The zero-order chi connectivity index (χ0) is 20.8. The normalized spacial score (nSPS) is 15.8. The van der Waals surface area contributed by atoms with E-state index in [1.54, 1.807) is 38.3 Å². The van der Waals surface area contributed by atoms with Crippen molar-refractivity contribution in [2.45, 2.75) is 19.1 Å². The maximum absolute atomic E-state index is 12.2. The molecule has 0 saturated carbocycles. The van der Waals surface area contributed by atoms with Gasteiger partial charge in [-0.1, -0.05) is 18.2 Å². The number of carbonyl (C=O) groups is 2. The van der Waals surface area contributed by atoms with Gasteiger partial charge in [0.25, 0.3) is 0 Å². The summed E-state index contributed by atoms with van der Waals surface area (Å²) in [4.78, 5) is 24.4. The molecule has 29 heavy (non-hydrogen) atoms. The lowest BCUT2D eigenvalue weighted by Gasteiger charge is -2.26. The molecule has 0 saturated heterocycles. The first-order valence-corrected chi connectivity index (χ1v) is 9.21. The van der Waals surface area contributed by atoms with Crippen molar-refractivity contribution in [1.29, 1.82) is 0 Å². The number of fused-ring (bicyclic) bond motifs is 1. The summed E-state index contributed by atoms with van der Waals surface area (Å²) in [7, 11) is 3.08. The molecule has 0 spiro atoms. The molecule has 0 bridgehead atoms. The van der Waals surface area contributed by atoms with E-state index in [2.05, 4.69) is 10.6 Å². The second-order valence-corrected chi connectivity index (χ2v) is 6.52. The van der Waals surface area contributed by atoms with Crippen LogP contribution in [0, 0.1) is 0 Å². The van der Waals surface area contributed by atoms with Crippen molar-refractivity contribution < 1.29 is 28.5 Å². The van der Waals surface area contributed by atoms with Crippen LogP contribution >= 0.6 is 0 Å². The second kappa shape index (κ2) is 9.18. The van der Waals surface area contributed by atoms with Crippen LogP contribution in [-0.4, -0.2) is 45.3 Å². The van der Waals surface area contributed by atoms with Crippen molar-refractivity contribution in [3.8, 4) is 23.0 Å². The Bertz CT molecular complexity index is 885. The van der Waals surface area contributed by atoms with Gasteiger partial charge in [-0.3, -0.25) is 9.59 Å². The molecule has 0 radical (unpaired) electrons. The molecule has 8 heteroatoms. The van der Waals surface area contributed by atoms with Gasteiger partial charge < -0.3 is 29.6 Å². The first kappa shape index (κ1) is 20.3. The molecule has 2 N–H and O–H groups in total. The van der Waals surface area contributed by atoms with E-state index in [0.717, 1.165) is 5.56 Å². The molecular weight excluding hydrogens is 376 g/mol. The Kier molecular flexibility index (Phi) is 6.43. The van der Waals surface area contributed by atoms with Gasteiger partial charge in [-0.05, 0) is 36.8 Å². The quantitative estimate of drug-likeness (QED) is 0.719. The van der Waals surface area contributed by atoms with Crippen molar-refractivity contribution in [3.05, 3.63) is 48.0 Å². The van der Waals surface area contributed by atoms with E-state index in [9.17, 15) is 9.59 Å². The Hall–Kier alpha value is -3.42. The lowest BCUT2D eigenvalue weighted by molar-refractivity contribution is -0.139. The smallest absolute Gasteiger partial charge is 0.309 e. The van der Waals surface area contributed by atoms with Crippen molar-refractivity contribution in [1.82, 2.24) is 10.6 Å². The van der Waals surface area contributed by atoms with E-state index < -0.39 is 17.9 Å². The number of ether oxygens (including phenoxy) is 4. The minimum Gasteiger partial charge on any atom is -0.493 e. The summed E-state index contributed by atoms with van der Waals surface area (Å²) in [5.41, 5.74) is 0.782. The van der Waals surface area contributed by atoms with Crippen LogP contribution in [0.2, 0.25) is 0 Å². The highest BCUT2D eigenvalue weighted by molar-refractivity contribution is 6.35. The first-order chi connectivity index (χ1) is 14.0. The SMILES string of the molecule is COc1ccc(C(C)NC(=O)C(=O)NCC2COc3ccccc3O2)cc1OC. The van der Waals surface area contributed by atoms with Crippen molar-refractivity contribution in [2.75, 3.05) is 27.4 Å². The van der Waals surface area contributed by atoms with Crippen LogP contribution in [0.3, 0.4) is 0 Å². The number of para-hydroxylation sites is 2. The van der Waals surface area contributed by atoms with Gasteiger partial charge in [0.1, 0.15) is 12.7 Å². The maximum Gasteiger partial charge on any atom is 0.309 e. The Morgan fingerprint density at radius 2 is 1.79 bits per heavy atom. The van der Waals surface area contributed by atoms with Gasteiger partial charge in [0, 0.05) is 0 Å². The van der Waals surface area contributed by atoms with E-state index >= 15 is 0 Å². The lowest BCUT2D eigenvalue weighted by atomic mass is 10.1. The van der Waals surface area contributed by atoms with E-state index in [1.807, 2.05) is 18.2 Å². The number of hydrogen-bond donors (Lipinski definition) is 2.